The molecular formula is C32H37F3. The normalized spacial score (nSPS) is 29.5. The highest BCUT2D eigenvalue weighted by molar-refractivity contribution is 5.66. The van der Waals surface area contributed by atoms with Gasteiger partial charge in [0.05, 0.1) is 0 Å². The van der Waals surface area contributed by atoms with E-state index in [1.165, 1.54) is 60.9 Å². The van der Waals surface area contributed by atoms with Gasteiger partial charge in [0.1, 0.15) is 0 Å². The van der Waals surface area contributed by atoms with Crippen molar-refractivity contribution in [1.29, 1.82) is 0 Å². The van der Waals surface area contributed by atoms with E-state index in [9.17, 15) is 13.2 Å². The molecule has 2 aromatic rings. The van der Waals surface area contributed by atoms with E-state index in [1.54, 1.807) is 0 Å². The van der Waals surface area contributed by atoms with Crippen LogP contribution in [-0.2, 0) is 0 Å². The number of rotatable bonds is 5. The SMILES string of the molecule is C=CC1CCC(c2ccc(C3=CCC(C4CCC(c5cc(F)c(F)c(F)c5)CC4)CC3)cc2)CC1. The van der Waals surface area contributed by atoms with Crippen LogP contribution in [-0.4, -0.2) is 0 Å². The van der Waals surface area contributed by atoms with Gasteiger partial charge < -0.3 is 0 Å². The van der Waals surface area contributed by atoms with Gasteiger partial charge in [0.15, 0.2) is 17.5 Å². The lowest BCUT2D eigenvalue weighted by Crippen LogP contribution is -2.22. The first-order valence-electron chi connectivity index (χ1n) is 13.6. The molecule has 0 aromatic heterocycles. The molecule has 0 heterocycles. The van der Waals surface area contributed by atoms with Crippen molar-refractivity contribution in [1.82, 2.24) is 0 Å². The van der Waals surface area contributed by atoms with Crippen LogP contribution in [0.3, 0.4) is 0 Å². The first-order valence-corrected chi connectivity index (χ1v) is 13.6. The minimum absolute atomic E-state index is 0.135. The summed E-state index contributed by atoms with van der Waals surface area (Å²) in [4.78, 5) is 0. The summed E-state index contributed by atoms with van der Waals surface area (Å²) in [5.74, 6) is -0.598. The first kappa shape index (κ1) is 24.4. The van der Waals surface area contributed by atoms with Crippen LogP contribution in [0.25, 0.3) is 5.57 Å². The minimum atomic E-state index is -1.36. The predicted octanol–water partition coefficient (Wildman–Crippen LogP) is 9.72. The smallest absolute Gasteiger partial charge is 0.194 e. The quantitative estimate of drug-likeness (QED) is 0.296. The fourth-order valence-electron chi connectivity index (χ4n) is 6.94. The monoisotopic (exact) mass is 478 g/mol. The van der Waals surface area contributed by atoms with Crippen LogP contribution < -0.4 is 0 Å². The minimum Gasteiger partial charge on any atom is -0.204 e. The third kappa shape index (κ3) is 5.44. The highest BCUT2D eigenvalue weighted by Crippen LogP contribution is 2.44. The molecule has 3 aliphatic carbocycles. The molecule has 2 aromatic carbocycles. The van der Waals surface area contributed by atoms with Crippen molar-refractivity contribution in [2.24, 2.45) is 17.8 Å². The van der Waals surface area contributed by atoms with Gasteiger partial charge in [-0.3, -0.25) is 0 Å². The second-order valence-electron chi connectivity index (χ2n) is 11.1. The molecule has 0 nitrogen and oxygen atoms in total. The average molecular weight is 479 g/mol. The van der Waals surface area contributed by atoms with Crippen molar-refractivity contribution < 1.29 is 13.2 Å². The summed E-state index contributed by atoms with van der Waals surface area (Å²) in [6.07, 6.45) is 17.2. The average Bonchev–Trinajstić information content (AvgIpc) is 2.92. The molecule has 186 valence electrons. The van der Waals surface area contributed by atoms with Crippen LogP contribution in [0, 0.1) is 35.2 Å². The molecule has 0 radical (unpaired) electrons. The lowest BCUT2D eigenvalue weighted by Gasteiger charge is -2.35. The zero-order valence-corrected chi connectivity index (χ0v) is 20.6. The van der Waals surface area contributed by atoms with E-state index in [4.69, 9.17) is 0 Å². The maximum Gasteiger partial charge on any atom is 0.194 e. The summed E-state index contributed by atoms with van der Waals surface area (Å²) in [5, 5.41) is 0. The van der Waals surface area contributed by atoms with Crippen molar-refractivity contribution in [3.63, 3.8) is 0 Å². The van der Waals surface area contributed by atoms with Gasteiger partial charge >= 0.3 is 0 Å². The molecular weight excluding hydrogens is 441 g/mol. The fraction of sp³-hybridized carbons (Fsp3) is 0.500. The van der Waals surface area contributed by atoms with Gasteiger partial charge in [-0.05, 0) is 135 Å². The standard InChI is InChI=1S/C32H37F3/c1-2-21-3-5-22(6-4-21)23-7-9-24(10-8-23)25-11-13-26(14-12-25)27-15-17-28(18-16-27)29-19-30(33)32(35)31(34)20-29/h2,7-11,19-22,26-28H,1,3-6,12-18H2. The molecule has 1 atom stereocenters. The molecule has 3 heteroatoms. The molecule has 0 aliphatic heterocycles. The van der Waals surface area contributed by atoms with Gasteiger partial charge in [-0.25, -0.2) is 13.2 Å². The van der Waals surface area contributed by atoms with Crippen molar-refractivity contribution in [3.8, 4) is 0 Å². The van der Waals surface area contributed by atoms with Crippen LogP contribution in [0.2, 0.25) is 0 Å². The molecule has 35 heavy (non-hydrogen) atoms. The molecule has 0 saturated heterocycles. The van der Waals surface area contributed by atoms with E-state index in [0.717, 1.165) is 38.5 Å². The van der Waals surface area contributed by atoms with Crippen molar-refractivity contribution >= 4 is 5.57 Å². The zero-order chi connectivity index (χ0) is 24.4. The number of hydrogen-bond acceptors (Lipinski definition) is 0. The van der Waals surface area contributed by atoms with Gasteiger partial charge in [0.2, 0.25) is 0 Å². The second-order valence-corrected chi connectivity index (χ2v) is 11.1. The molecule has 1 unspecified atom stereocenters. The lowest BCUT2D eigenvalue weighted by atomic mass is 9.70. The molecule has 2 fully saturated rings. The van der Waals surface area contributed by atoms with Crippen LogP contribution in [0.1, 0.15) is 99.2 Å². The van der Waals surface area contributed by atoms with Crippen LogP contribution in [0.4, 0.5) is 13.2 Å². The number of benzene rings is 2. The Bertz CT molecular complexity index is 1030. The molecule has 0 N–H and O–H groups in total. The Morgan fingerprint density at radius 3 is 1.86 bits per heavy atom. The van der Waals surface area contributed by atoms with Gasteiger partial charge in [-0.15, -0.1) is 6.58 Å². The van der Waals surface area contributed by atoms with Gasteiger partial charge in [0.25, 0.3) is 0 Å². The molecule has 0 amide bonds. The van der Waals surface area contributed by atoms with Crippen molar-refractivity contribution in [2.75, 3.05) is 0 Å². The van der Waals surface area contributed by atoms with E-state index < -0.39 is 17.5 Å². The number of hydrogen-bond donors (Lipinski definition) is 0. The summed E-state index contributed by atoms with van der Waals surface area (Å²) in [6, 6.07) is 11.7. The number of halogens is 3. The Labute approximate surface area is 208 Å². The third-order valence-electron chi connectivity index (χ3n) is 9.23. The molecule has 5 rings (SSSR count). The fourth-order valence-corrected chi connectivity index (χ4v) is 6.94. The Balaban J connectivity index is 1.14. The predicted molar refractivity (Wildman–Crippen MR) is 138 cm³/mol. The van der Waals surface area contributed by atoms with Gasteiger partial charge in [0, 0.05) is 0 Å². The number of allylic oxidation sites excluding steroid dienone is 3. The molecule has 0 spiro atoms. The Morgan fingerprint density at radius 1 is 0.686 bits per heavy atom. The first-order chi connectivity index (χ1) is 17.0. The summed E-state index contributed by atoms with van der Waals surface area (Å²) < 4.78 is 40.6. The summed E-state index contributed by atoms with van der Waals surface area (Å²) in [6.45, 7) is 3.96. The van der Waals surface area contributed by atoms with Gasteiger partial charge in [-0.1, -0.05) is 36.4 Å². The van der Waals surface area contributed by atoms with Crippen LogP contribution >= 0.6 is 0 Å². The molecule has 2 saturated carbocycles. The van der Waals surface area contributed by atoms with Crippen molar-refractivity contribution in [2.45, 2.75) is 82.5 Å². The van der Waals surface area contributed by atoms with E-state index in [-0.39, 0.29) is 5.92 Å². The third-order valence-corrected chi connectivity index (χ3v) is 9.23. The zero-order valence-electron chi connectivity index (χ0n) is 20.6. The van der Waals surface area contributed by atoms with Crippen molar-refractivity contribution in [3.05, 3.63) is 89.3 Å². The van der Waals surface area contributed by atoms with Crippen LogP contribution in [0.15, 0.2) is 55.1 Å². The van der Waals surface area contributed by atoms with Gasteiger partial charge in [-0.2, -0.15) is 0 Å². The van der Waals surface area contributed by atoms with Crippen LogP contribution in [0.5, 0.6) is 0 Å². The molecule has 3 aliphatic rings. The van der Waals surface area contributed by atoms with E-state index in [0.29, 0.717) is 29.2 Å². The summed E-state index contributed by atoms with van der Waals surface area (Å²) in [5.41, 5.74) is 4.95. The second kappa shape index (κ2) is 10.8. The Hall–Kier alpha value is -2.29. The topological polar surface area (TPSA) is 0 Å². The Morgan fingerprint density at radius 2 is 1.29 bits per heavy atom. The summed E-state index contributed by atoms with van der Waals surface area (Å²) >= 11 is 0. The largest absolute Gasteiger partial charge is 0.204 e. The highest BCUT2D eigenvalue weighted by Gasteiger charge is 2.30. The van der Waals surface area contributed by atoms with E-state index >= 15 is 0 Å². The van der Waals surface area contributed by atoms with E-state index in [2.05, 4.69) is 43.0 Å². The summed E-state index contributed by atoms with van der Waals surface area (Å²) in [7, 11) is 0. The molecule has 0 bridgehead atoms. The maximum absolute atomic E-state index is 13.7. The Kier molecular flexibility index (Phi) is 7.51. The maximum atomic E-state index is 13.7. The van der Waals surface area contributed by atoms with E-state index in [1.807, 2.05) is 0 Å². The highest BCUT2D eigenvalue weighted by atomic mass is 19.2. The lowest BCUT2D eigenvalue weighted by molar-refractivity contribution is 0.220.